The van der Waals surface area contributed by atoms with Crippen molar-refractivity contribution in [2.24, 2.45) is 5.41 Å². The van der Waals surface area contributed by atoms with Crippen molar-refractivity contribution in [3.8, 4) is 0 Å². The van der Waals surface area contributed by atoms with E-state index in [0.717, 1.165) is 13.0 Å². The fourth-order valence-corrected chi connectivity index (χ4v) is 4.10. The van der Waals surface area contributed by atoms with Gasteiger partial charge in [-0.1, -0.05) is 19.3 Å². The van der Waals surface area contributed by atoms with Crippen LogP contribution in [0.3, 0.4) is 0 Å². The molecule has 0 radical (unpaired) electrons. The zero-order valence-electron chi connectivity index (χ0n) is 13.3. The molecule has 1 amide bonds. The third kappa shape index (κ3) is 3.02. The first-order chi connectivity index (χ1) is 10.7. The number of rotatable bonds is 6. The molecule has 0 saturated heterocycles. The summed E-state index contributed by atoms with van der Waals surface area (Å²) in [6.07, 6.45) is 11.1. The van der Waals surface area contributed by atoms with E-state index in [1.54, 1.807) is 11.0 Å². The lowest BCUT2D eigenvalue weighted by atomic mass is 9.55. The largest absolute Gasteiger partial charge is 0.378 e. The van der Waals surface area contributed by atoms with E-state index in [-0.39, 0.29) is 17.4 Å². The van der Waals surface area contributed by atoms with Crippen LogP contribution in [0.1, 0.15) is 51.9 Å². The van der Waals surface area contributed by atoms with Gasteiger partial charge in [0, 0.05) is 24.5 Å². The van der Waals surface area contributed by atoms with E-state index in [1.165, 1.54) is 38.4 Å². The lowest BCUT2D eigenvalue weighted by Gasteiger charge is -2.57. The van der Waals surface area contributed by atoms with Crippen molar-refractivity contribution in [1.29, 1.82) is 0 Å². The Bertz CT molecular complexity index is 482. The number of carbonyl (C=O) groups is 1. The number of amides is 1. The first-order valence-electron chi connectivity index (χ1n) is 8.48. The number of nitrogens with one attached hydrogen (secondary N) is 1. The van der Waals surface area contributed by atoms with Crippen LogP contribution in [-0.2, 0) is 16.1 Å². The Labute approximate surface area is 131 Å². The molecule has 1 aromatic heterocycles. The number of carbonyl (C=O) groups excluding carboxylic acids is 1. The second kappa shape index (κ2) is 6.77. The van der Waals surface area contributed by atoms with Crippen LogP contribution in [0.2, 0.25) is 0 Å². The van der Waals surface area contributed by atoms with E-state index in [9.17, 15) is 4.79 Å². The highest BCUT2D eigenvalue weighted by atomic mass is 16.5. The van der Waals surface area contributed by atoms with Crippen molar-refractivity contribution in [2.75, 3.05) is 6.61 Å². The molecule has 1 N–H and O–H groups in total. The highest BCUT2D eigenvalue weighted by molar-refractivity contribution is 5.76. The maximum absolute atomic E-state index is 12.2. The van der Waals surface area contributed by atoms with Crippen LogP contribution in [0.25, 0.3) is 0 Å². The summed E-state index contributed by atoms with van der Waals surface area (Å²) in [4.78, 5) is 16.1. The van der Waals surface area contributed by atoms with Gasteiger partial charge in [-0.15, -0.1) is 0 Å². The molecular weight excluding hydrogens is 280 g/mol. The van der Waals surface area contributed by atoms with Gasteiger partial charge in [0.15, 0.2) is 0 Å². The highest BCUT2D eigenvalue weighted by Gasteiger charge is 2.55. The summed E-state index contributed by atoms with van der Waals surface area (Å²) in [5.41, 5.74) is 0.192. The minimum absolute atomic E-state index is 0.111. The van der Waals surface area contributed by atoms with E-state index < -0.39 is 0 Å². The van der Waals surface area contributed by atoms with E-state index in [1.807, 2.05) is 0 Å². The molecule has 0 unspecified atom stereocenters. The summed E-state index contributed by atoms with van der Waals surface area (Å²) >= 11 is 0. The molecule has 2 aliphatic carbocycles. The summed E-state index contributed by atoms with van der Waals surface area (Å²) in [5, 5.41) is 7.27. The lowest BCUT2D eigenvalue weighted by Crippen LogP contribution is -2.65. The molecule has 1 heterocycles. The molecule has 0 bridgehead atoms. The van der Waals surface area contributed by atoms with E-state index in [2.05, 4.69) is 22.3 Å². The molecule has 2 atom stereocenters. The molecule has 3 rings (SSSR count). The van der Waals surface area contributed by atoms with Crippen LogP contribution in [0.4, 0.5) is 0 Å². The molecule has 2 aliphatic rings. The zero-order chi connectivity index (χ0) is 15.4. The van der Waals surface area contributed by atoms with Crippen molar-refractivity contribution in [3.05, 3.63) is 12.7 Å². The SMILES string of the molecule is CCO[C@@H]1C[C@H](NC(=O)CCn2cncn2)C12CCCCC2. The van der Waals surface area contributed by atoms with Gasteiger partial charge in [-0.3, -0.25) is 9.48 Å². The Balaban J connectivity index is 1.53. The normalized spacial score (nSPS) is 26.6. The van der Waals surface area contributed by atoms with E-state index in [0.29, 0.717) is 19.1 Å². The lowest BCUT2D eigenvalue weighted by molar-refractivity contribution is -0.157. The molecule has 1 spiro atoms. The van der Waals surface area contributed by atoms with Gasteiger partial charge in [-0.25, -0.2) is 4.98 Å². The first-order valence-corrected chi connectivity index (χ1v) is 8.48. The van der Waals surface area contributed by atoms with Crippen molar-refractivity contribution in [2.45, 2.75) is 70.6 Å². The molecule has 0 aliphatic heterocycles. The van der Waals surface area contributed by atoms with Gasteiger partial charge in [-0.05, 0) is 26.2 Å². The summed E-state index contributed by atoms with van der Waals surface area (Å²) < 4.78 is 7.62. The minimum atomic E-state index is 0.111. The molecule has 1 aromatic rings. The number of hydrogen-bond acceptors (Lipinski definition) is 4. The van der Waals surface area contributed by atoms with Crippen LogP contribution >= 0.6 is 0 Å². The summed E-state index contributed by atoms with van der Waals surface area (Å²) in [7, 11) is 0. The molecule has 2 fully saturated rings. The highest BCUT2D eigenvalue weighted by Crippen LogP contribution is 2.53. The van der Waals surface area contributed by atoms with Crippen LogP contribution < -0.4 is 5.32 Å². The third-order valence-corrected chi connectivity index (χ3v) is 5.31. The Morgan fingerprint density at radius 3 is 2.91 bits per heavy atom. The van der Waals surface area contributed by atoms with Crippen LogP contribution in [0, 0.1) is 5.41 Å². The van der Waals surface area contributed by atoms with Crippen LogP contribution in [0.15, 0.2) is 12.7 Å². The van der Waals surface area contributed by atoms with Gasteiger partial charge < -0.3 is 10.1 Å². The predicted molar refractivity (Wildman–Crippen MR) is 82.1 cm³/mol. The summed E-state index contributed by atoms with van der Waals surface area (Å²) in [6.45, 7) is 3.40. The number of hydrogen-bond donors (Lipinski definition) is 1. The van der Waals surface area contributed by atoms with E-state index >= 15 is 0 Å². The number of ether oxygens (including phenoxy) is 1. The predicted octanol–water partition coefficient (Wildman–Crippen LogP) is 1.91. The summed E-state index contributed by atoms with van der Waals surface area (Å²) in [5.74, 6) is 0.111. The van der Waals surface area contributed by atoms with Gasteiger partial charge >= 0.3 is 0 Å². The first kappa shape index (κ1) is 15.5. The van der Waals surface area contributed by atoms with Gasteiger partial charge in [-0.2, -0.15) is 5.10 Å². The molecule has 22 heavy (non-hydrogen) atoms. The average molecular weight is 306 g/mol. The van der Waals surface area contributed by atoms with Gasteiger partial charge in [0.2, 0.25) is 5.91 Å². The van der Waals surface area contributed by atoms with E-state index in [4.69, 9.17) is 4.74 Å². The maximum Gasteiger partial charge on any atom is 0.222 e. The molecule has 6 nitrogen and oxygen atoms in total. The molecule has 2 saturated carbocycles. The van der Waals surface area contributed by atoms with Crippen molar-refractivity contribution < 1.29 is 9.53 Å². The van der Waals surface area contributed by atoms with Crippen LogP contribution in [0.5, 0.6) is 0 Å². The second-order valence-electron chi connectivity index (χ2n) is 6.50. The van der Waals surface area contributed by atoms with Crippen molar-refractivity contribution in [3.63, 3.8) is 0 Å². The number of aryl methyl sites for hydroxylation is 1. The monoisotopic (exact) mass is 306 g/mol. The molecule has 6 heteroatoms. The molecule has 0 aromatic carbocycles. The van der Waals surface area contributed by atoms with Gasteiger partial charge in [0.1, 0.15) is 12.7 Å². The Morgan fingerprint density at radius 1 is 1.41 bits per heavy atom. The maximum atomic E-state index is 12.2. The fourth-order valence-electron chi connectivity index (χ4n) is 4.10. The smallest absolute Gasteiger partial charge is 0.222 e. The van der Waals surface area contributed by atoms with Crippen molar-refractivity contribution in [1.82, 2.24) is 20.1 Å². The Hall–Kier alpha value is -1.43. The Kier molecular flexibility index (Phi) is 4.76. The fraction of sp³-hybridized carbons (Fsp3) is 0.812. The zero-order valence-corrected chi connectivity index (χ0v) is 13.3. The second-order valence-corrected chi connectivity index (χ2v) is 6.50. The minimum Gasteiger partial charge on any atom is -0.378 e. The van der Waals surface area contributed by atoms with Crippen molar-refractivity contribution >= 4 is 5.91 Å². The molecular formula is C16H26N4O2. The number of aromatic nitrogens is 3. The average Bonchev–Trinajstić information content (AvgIpc) is 3.06. The number of nitrogens with zero attached hydrogens (tertiary/aromatic N) is 3. The topological polar surface area (TPSA) is 69.0 Å². The molecule has 122 valence electrons. The third-order valence-electron chi connectivity index (χ3n) is 5.31. The Morgan fingerprint density at radius 2 is 2.23 bits per heavy atom. The standard InChI is InChI=1S/C16H26N4O2/c1-2-22-14-10-13(16(14)7-4-3-5-8-16)19-15(21)6-9-20-12-17-11-18-20/h11-14H,2-10H2,1H3,(H,19,21)/t13-,14+/m0/s1. The van der Waals surface area contributed by atoms with Gasteiger partial charge in [0.25, 0.3) is 0 Å². The quantitative estimate of drug-likeness (QED) is 0.871. The summed E-state index contributed by atoms with van der Waals surface area (Å²) in [6, 6.07) is 0.285. The van der Waals surface area contributed by atoms with Crippen LogP contribution in [-0.4, -0.2) is 39.4 Å². The van der Waals surface area contributed by atoms with Gasteiger partial charge in [0.05, 0.1) is 12.6 Å².